The van der Waals surface area contributed by atoms with Crippen LogP contribution < -0.4 is 0 Å². The SMILES string of the molecule is O=C(CS(=O)(=O)CC1CCCO1)c1ccc(Cl)cc1. The Bertz CT molecular complexity index is 545. The van der Waals surface area contributed by atoms with Crippen molar-refractivity contribution >= 4 is 27.2 Å². The standard InChI is InChI=1S/C13H15ClO4S/c14-11-5-3-10(4-6-11)13(15)9-19(16,17)8-12-2-1-7-18-12/h3-6,12H,1-2,7-9H2. The van der Waals surface area contributed by atoms with E-state index in [1.807, 2.05) is 0 Å². The van der Waals surface area contributed by atoms with Crippen LogP contribution in [0.4, 0.5) is 0 Å². The van der Waals surface area contributed by atoms with Crippen molar-refractivity contribution in [1.29, 1.82) is 0 Å². The van der Waals surface area contributed by atoms with Gasteiger partial charge < -0.3 is 4.74 Å². The molecule has 19 heavy (non-hydrogen) atoms. The third kappa shape index (κ3) is 4.30. The number of carbonyl (C=O) groups excluding carboxylic acids is 1. The Morgan fingerprint density at radius 3 is 2.58 bits per heavy atom. The number of benzene rings is 1. The lowest BCUT2D eigenvalue weighted by Crippen LogP contribution is -2.26. The third-order valence-corrected chi connectivity index (χ3v) is 4.81. The molecule has 0 N–H and O–H groups in total. The highest BCUT2D eigenvalue weighted by atomic mass is 35.5. The van der Waals surface area contributed by atoms with Gasteiger partial charge in [0.2, 0.25) is 0 Å². The Labute approximate surface area is 117 Å². The molecule has 1 heterocycles. The van der Waals surface area contributed by atoms with Crippen LogP contribution in [0, 0.1) is 0 Å². The van der Waals surface area contributed by atoms with Crippen molar-refractivity contribution in [3.05, 3.63) is 34.9 Å². The highest BCUT2D eigenvalue weighted by Gasteiger charge is 2.25. The Morgan fingerprint density at radius 1 is 1.32 bits per heavy atom. The number of carbonyl (C=O) groups is 1. The fourth-order valence-electron chi connectivity index (χ4n) is 2.04. The average molecular weight is 303 g/mol. The smallest absolute Gasteiger partial charge is 0.177 e. The summed E-state index contributed by atoms with van der Waals surface area (Å²) in [5, 5.41) is 0.513. The monoisotopic (exact) mass is 302 g/mol. The normalized spacial score (nSPS) is 19.5. The predicted octanol–water partition coefficient (Wildman–Crippen LogP) is 2.12. The van der Waals surface area contributed by atoms with Crippen LogP contribution in [0.25, 0.3) is 0 Å². The molecule has 0 amide bonds. The van der Waals surface area contributed by atoms with Crippen molar-refractivity contribution in [2.45, 2.75) is 18.9 Å². The highest BCUT2D eigenvalue weighted by Crippen LogP contribution is 2.15. The van der Waals surface area contributed by atoms with Gasteiger partial charge in [-0.1, -0.05) is 11.6 Å². The molecule has 0 radical (unpaired) electrons. The zero-order valence-corrected chi connectivity index (χ0v) is 11.9. The van der Waals surface area contributed by atoms with Gasteiger partial charge in [-0.3, -0.25) is 4.79 Å². The van der Waals surface area contributed by atoms with Crippen LogP contribution in [0.3, 0.4) is 0 Å². The molecular weight excluding hydrogens is 288 g/mol. The van der Waals surface area contributed by atoms with E-state index in [4.69, 9.17) is 16.3 Å². The van der Waals surface area contributed by atoms with Crippen molar-refractivity contribution < 1.29 is 17.9 Å². The Kier molecular flexibility index (Phi) is 4.60. The number of ketones is 1. The van der Waals surface area contributed by atoms with Gasteiger partial charge in [-0.05, 0) is 37.1 Å². The van der Waals surface area contributed by atoms with E-state index in [0.717, 1.165) is 12.8 Å². The largest absolute Gasteiger partial charge is 0.377 e. The first-order valence-corrected chi connectivity index (χ1v) is 8.27. The summed E-state index contributed by atoms with van der Waals surface area (Å²) in [6, 6.07) is 6.21. The van der Waals surface area contributed by atoms with Crippen molar-refractivity contribution in [2.24, 2.45) is 0 Å². The lowest BCUT2D eigenvalue weighted by atomic mass is 10.1. The molecule has 2 rings (SSSR count). The van der Waals surface area contributed by atoms with Crippen molar-refractivity contribution in [1.82, 2.24) is 0 Å². The zero-order chi connectivity index (χ0) is 13.9. The molecule has 1 atom stereocenters. The number of hydrogen-bond acceptors (Lipinski definition) is 4. The fraction of sp³-hybridized carbons (Fsp3) is 0.462. The molecular formula is C13H15ClO4S. The van der Waals surface area contributed by atoms with Gasteiger partial charge in [0.25, 0.3) is 0 Å². The van der Waals surface area contributed by atoms with E-state index in [9.17, 15) is 13.2 Å². The molecule has 4 nitrogen and oxygen atoms in total. The number of hydrogen-bond donors (Lipinski definition) is 0. The topological polar surface area (TPSA) is 60.4 Å². The molecule has 1 aliphatic heterocycles. The molecule has 0 spiro atoms. The third-order valence-electron chi connectivity index (χ3n) is 2.98. The Morgan fingerprint density at radius 2 is 2.00 bits per heavy atom. The second kappa shape index (κ2) is 6.03. The summed E-state index contributed by atoms with van der Waals surface area (Å²) in [7, 11) is -3.43. The van der Waals surface area contributed by atoms with Gasteiger partial charge in [0.1, 0.15) is 5.75 Å². The van der Waals surface area contributed by atoms with Gasteiger partial charge in [-0.15, -0.1) is 0 Å². The van der Waals surface area contributed by atoms with E-state index in [-0.39, 0.29) is 11.9 Å². The van der Waals surface area contributed by atoms with Crippen molar-refractivity contribution in [3.8, 4) is 0 Å². The lowest BCUT2D eigenvalue weighted by molar-refractivity contribution is 0.102. The molecule has 104 valence electrons. The summed E-state index contributed by atoms with van der Waals surface area (Å²) < 4.78 is 29.1. The molecule has 0 aliphatic carbocycles. The van der Waals surface area contributed by atoms with E-state index >= 15 is 0 Å². The fourth-order valence-corrected chi connectivity index (χ4v) is 3.68. The van der Waals surface area contributed by atoms with Crippen LogP contribution in [0.15, 0.2) is 24.3 Å². The number of Topliss-reactive ketones (excluding diaryl/α,β-unsaturated/α-hetero) is 1. The molecule has 0 bridgehead atoms. The van der Waals surface area contributed by atoms with Gasteiger partial charge in [-0.2, -0.15) is 0 Å². The Hall–Kier alpha value is -0.910. The van der Waals surface area contributed by atoms with Gasteiger partial charge >= 0.3 is 0 Å². The molecule has 0 aromatic heterocycles. The van der Waals surface area contributed by atoms with Gasteiger partial charge in [0.05, 0.1) is 11.9 Å². The van der Waals surface area contributed by atoms with Crippen LogP contribution in [-0.2, 0) is 14.6 Å². The van der Waals surface area contributed by atoms with Crippen molar-refractivity contribution in [3.63, 3.8) is 0 Å². The molecule has 1 fully saturated rings. The lowest BCUT2D eigenvalue weighted by Gasteiger charge is -2.09. The maximum Gasteiger partial charge on any atom is 0.177 e. The van der Waals surface area contributed by atoms with Crippen LogP contribution in [0.5, 0.6) is 0 Å². The first-order valence-electron chi connectivity index (χ1n) is 6.07. The highest BCUT2D eigenvalue weighted by molar-refractivity contribution is 7.92. The summed E-state index contributed by atoms with van der Waals surface area (Å²) in [6.45, 7) is 0.602. The minimum atomic E-state index is -3.43. The summed E-state index contributed by atoms with van der Waals surface area (Å²) in [5.74, 6) is -0.962. The van der Waals surface area contributed by atoms with Crippen LogP contribution in [-0.4, -0.2) is 38.4 Å². The van der Waals surface area contributed by atoms with E-state index < -0.39 is 21.4 Å². The molecule has 6 heteroatoms. The van der Waals surface area contributed by atoms with Crippen LogP contribution in [0.1, 0.15) is 23.2 Å². The zero-order valence-electron chi connectivity index (χ0n) is 10.3. The minimum Gasteiger partial charge on any atom is -0.377 e. The quantitative estimate of drug-likeness (QED) is 0.782. The van der Waals surface area contributed by atoms with Gasteiger partial charge in [0.15, 0.2) is 15.6 Å². The van der Waals surface area contributed by atoms with E-state index in [2.05, 4.69) is 0 Å². The second-order valence-corrected chi connectivity index (χ2v) is 7.17. The first kappa shape index (κ1) is 14.5. The summed E-state index contributed by atoms with van der Waals surface area (Å²) in [4.78, 5) is 11.9. The van der Waals surface area contributed by atoms with Crippen molar-refractivity contribution in [2.75, 3.05) is 18.1 Å². The Balaban J connectivity index is 1.99. The first-order chi connectivity index (χ1) is 8.96. The van der Waals surface area contributed by atoms with Crippen LogP contribution in [0.2, 0.25) is 5.02 Å². The summed E-state index contributed by atoms with van der Waals surface area (Å²) in [6.07, 6.45) is 1.36. The number of halogens is 1. The number of ether oxygens (including phenoxy) is 1. The summed E-state index contributed by atoms with van der Waals surface area (Å²) in [5.41, 5.74) is 0.361. The van der Waals surface area contributed by atoms with E-state index in [1.54, 1.807) is 12.1 Å². The molecule has 0 saturated carbocycles. The minimum absolute atomic E-state index is 0.0771. The maximum absolute atomic E-state index is 11.9. The molecule has 1 unspecified atom stereocenters. The number of sulfone groups is 1. The molecule has 1 aliphatic rings. The van der Waals surface area contributed by atoms with Gasteiger partial charge in [-0.25, -0.2) is 8.42 Å². The summed E-state index contributed by atoms with van der Waals surface area (Å²) >= 11 is 5.72. The van der Waals surface area contributed by atoms with E-state index in [1.165, 1.54) is 12.1 Å². The maximum atomic E-state index is 11.9. The average Bonchev–Trinajstić information content (AvgIpc) is 2.81. The van der Waals surface area contributed by atoms with E-state index in [0.29, 0.717) is 17.2 Å². The van der Waals surface area contributed by atoms with Gasteiger partial charge in [0, 0.05) is 17.2 Å². The molecule has 1 aromatic carbocycles. The molecule has 1 aromatic rings. The van der Waals surface area contributed by atoms with Crippen LogP contribution >= 0.6 is 11.6 Å². The second-order valence-electron chi connectivity index (χ2n) is 4.62. The molecule has 1 saturated heterocycles. The predicted molar refractivity (Wildman–Crippen MR) is 73.4 cm³/mol. The number of rotatable bonds is 5.